The molecule has 1 fully saturated rings. The summed E-state index contributed by atoms with van der Waals surface area (Å²) < 4.78 is 0. The van der Waals surface area contributed by atoms with Crippen LogP contribution in [0.1, 0.15) is 39.1 Å². The molecule has 0 aromatic heterocycles. The standard InChI is InChI=1S/C13H13NO2/c1-8-2-5-10-11(6-8)13(16)14(12(10)15)7-9-3-4-9/h2,5-6,9H,3-4,7H2,1H3. The molecular weight excluding hydrogens is 202 g/mol. The first kappa shape index (κ1) is 9.58. The zero-order chi connectivity index (χ0) is 11.3. The molecular formula is C13H13NO2. The number of imide groups is 1. The normalized spacial score (nSPS) is 19.2. The summed E-state index contributed by atoms with van der Waals surface area (Å²) in [7, 11) is 0. The van der Waals surface area contributed by atoms with Crippen LogP contribution in [-0.2, 0) is 0 Å². The molecule has 0 N–H and O–H groups in total. The Bertz CT molecular complexity index is 489. The summed E-state index contributed by atoms with van der Waals surface area (Å²) >= 11 is 0. The van der Waals surface area contributed by atoms with Crippen molar-refractivity contribution in [3.63, 3.8) is 0 Å². The second-order valence-corrected chi connectivity index (χ2v) is 4.71. The first-order valence-electron chi connectivity index (χ1n) is 5.63. The number of hydrogen-bond donors (Lipinski definition) is 0. The summed E-state index contributed by atoms with van der Waals surface area (Å²) in [5.74, 6) is 0.311. The maximum absolute atomic E-state index is 12.0. The van der Waals surface area contributed by atoms with E-state index in [1.165, 1.54) is 4.90 Å². The van der Waals surface area contributed by atoms with Gasteiger partial charge in [-0.1, -0.05) is 11.6 Å². The molecule has 0 radical (unpaired) electrons. The number of fused-ring (bicyclic) bond motifs is 1. The van der Waals surface area contributed by atoms with Crippen LogP contribution in [0.15, 0.2) is 18.2 Å². The van der Waals surface area contributed by atoms with Crippen molar-refractivity contribution in [2.45, 2.75) is 19.8 Å². The lowest BCUT2D eigenvalue weighted by atomic mass is 10.1. The number of benzene rings is 1. The average Bonchev–Trinajstić information content (AvgIpc) is 3.04. The van der Waals surface area contributed by atoms with Gasteiger partial charge in [0.05, 0.1) is 11.1 Å². The molecule has 1 aliphatic heterocycles. The average molecular weight is 215 g/mol. The number of nitrogens with zero attached hydrogens (tertiary/aromatic N) is 1. The fraction of sp³-hybridized carbons (Fsp3) is 0.385. The van der Waals surface area contributed by atoms with Gasteiger partial charge >= 0.3 is 0 Å². The number of carbonyl (C=O) groups excluding carboxylic acids is 2. The molecule has 1 aromatic carbocycles. The number of carbonyl (C=O) groups is 2. The molecule has 3 heteroatoms. The third-order valence-electron chi connectivity index (χ3n) is 3.26. The maximum Gasteiger partial charge on any atom is 0.261 e. The molecule has 0 spiro atoms. The van der Waals surface area contributed by atoms with E-state index in [1.807, 2.05) is 19.1 Å². The van der Waals surface area contributed by atoms with Crippen molar-refractivity contribution in [1.29, 1.82) is 0 Å². The second kappa shape index (κ2) is 3.17. The zero-order valence-electron chi connectivity index (χ0n) is 9.19. The van der Waals surface area contributed by atoms with Crippen LogP contribution in [0, 0.1) is 12.8 Å². The van der Waals surface area contributed by atoms with E-state index >= 15 is 0 Å². The Morgan fingerprint density at radius 2 is 1.88 bits per heavy atom. The summed E-state index contributed by atoms with van der Waals surface area (Å²) in [5.41, 5.74) is 2.16. The minimum atomic E-state index is -0.119. The van der Waals surface area contributed by atoms with Crippen LogP contribution in [0.3, 0.4) is 0 Å². The lowest BCUT2D eigenvalue weighted by Gasteiger charge is -2.12. The monoisotopic (exact) mass is 215 g/mol. The van der Waals surface area contributed by atoms with E-state index in [1.54, 1.807) is 6.07 Å². The molecule has 16 heavy (non-hydrogen) atoms. The van der Waals surface area contributed by atoms with Crippen LogP contribution in [0.25, 0.3) is 0 Å². The van der Waals surface area contributed by atoms with Crippen LogP contribution in [-0.4, -0.2) is 23.3 Å². The first-order chi connectivity index (χ1) is 7.66. The van der Waals surface area contributed by atoms with Crippen LogP contribution in [0.2, 0.25) is 0 Å². The predicted octanol–water partition coefficient (Wildman–Crippen LogP) is 2.00. The highest BCUT2D eigenvalue weighted by molar-refractivity contribution is 6.21. The van der Waals surface area contributed by atoms with Crippen LogP contribution in [0.4, 0.5) is 0 Å². The van der Waals surface area contributed by atoms with Gasteiger partial charge in [0.15, 0.2) is 0 Å². The minimum absolute atomic E-state index is 0.115. The van der Waals surface area contributed by atoms with Gasteiger partial charge in [-0.2, -0.15) is 0 Å². The Balaban J connectivity index is 1.98. The zero-order valence-corrected chi connectivity index (χ0v) is 9.19. The quantitative estimate of drug-likeness (QED) is 0.707. The second-order valence-electron chi connectivity index (χ2n) is 4.71. The van der Waals surface area contributed by atoms with Gasteiger partial charge < -0.3 is 0 Å². The van der Waals surface area contributed by atoms with Gasteiger partial charge in [0.25, 0.3) is 11.8 Å². The largest absolute Gasteiger partial charge is 0.274 e. The van der Waals surface area contributed by atoms with Gasteiger partial charge in [-0.3, -0.25) is 14.5 Å². The third-order valence-corrected chi connectivity index (χ3v) is 3.26. The van der Waals surface area contributed by atoms with Crippen molar-refractivity contribution in [1.82, 2.24) is 4.90 Å². The van der Waals surface area contributed by atoms with Crippen molar-refractivity contribution < 1.29 is 9.59 Å². The van der Waals surface area contributed by atoms with E-state index in [2.05, 4.69) is 0 Å². The fourth-order valence-electron chi connectivity index (χ4n) is 2.13. The third kappa shape index (κ3) is 1.35. The maximum atomic E-state index is 12.0. The Hall–Kier alpha value is -1.64. The highest BCUT2D eigenvalue weighted by Gasteiger charge is 2.38. The molecule has 1 aromatic rings. The van der Waals surface area contributed by atoms with Crippen LogP contribution >= 0.6 is 0 Å². The Labute approximate surface area is 94.1 Å². The molecule has 1 saturated carbocycles. The molecule has 1 aliphatic carbocycles. The lowest BCUT2D eigenvalue weighted by molar-refractivity contribution is 0.0647. The lowest BCUT2D eigenvalue weighted by Crippen LogP contribution is -2.31. The topological polar surface area (TPSA) is 37.4 Å². The number of aryl methyl sites for hydroxylation is 1. The highest BCUT2D eigenvalue weighted by atomic mass is 16.2. The Morgan fingerprint density at radius 3 is 2.56 bits per heavy atom. The van der Waals surface area contributed by atoms with Crippen LogP contribution < -0.4 is 0 Å². The molecule has 2 aliphatic rings. The SMILES string of the molecule is Cc1ccc2c(c1)C(=O)N(CC1CC1)C2=O. The van der Waals surface area contributed by atoms with Gasteiger partial charge in [0.2, 0.25) is 0 Å². The number of rotatable bonds is 2. The summed E-state index contributed by atoms with van der Waals surface area (Å²) in [6.45, 7) is 2.53. The minimum Gasteiger partial charge on any atom is -0.274 e. The summed E-state index contributed by atoms with van der Waals surface area (Å²) in [6, 6.07) is 5.45. The van der Waals surface area contributed by atoms with E-state index in [4.69, 9.17) is 0 Å². The van der Waals surface area contributed by atoms with E-state index in [-0.39, 0.29) is 11.8 Å². The molecule has 3 nitrogen and oxygen atoms in total. The number of amides is 2. The molecule has 82 valence electrons. The highest BCUT2D eigenvalue weighted by Crippen LogP contribution is 2.33. The molecule has 0 bridgehead atoms. The van der Waals surface area contributed by atoms with Crippen LogP contribution in [0.5, 0.6) is 0 Å². The van der Waals surface area contributed by atoms with Crippen molar-refractivity contribution in [2.75, 3.05) is 6.54 Å². The first-order valence-corrected chi connectivity index (χ1v) is 5.63. The smallest absolute Gasteiger partial charge is 0.261 e. The molecule has 0 unspecified atom stereocenters. The molecule has 0 saturated heterocycles. The molecule has 3 rings (SSSR count). The fourth-order valence-corrected chi connectivity index (χ4v) is 2.13. The van der Waals surface area contributed by atoms with Gasteiger partial charge in [0.1, 0.15) is 0 Å². The van der Waals surface area contributed by atoms with Gasteiger partial charge in [-0.15, -0.1) is 0 Å². The molecule has 0 atom stereocenters. The summed E-state index contributed by atoms with van der Waals surface area (Å²) in [4.78, 5) is 25.4. The van der Waals surface area contributed by atoms with Gasteiger partial charge in [0, 0.05) is 6.54 Å². The number of hydrogen-bond acceptors (Lipinski definition) is 2. The van der Waals surface area contributed by atoms with Crippen molar-refractivity contribution in [3.8, 4) is 0 Å². The van der Waals surface area contributed by atoms with Crippen molar-refractivity contribution in [2.24, 2.45) is 5.92 Å². The van der Waals surface area contributed by atoms with Gasteiger partial charge in [-0.25, -0.2) is 0 Å². The van der Waals surface area contributed by atoms with Gasteiger partial charge in [-0.05, 0) is 37.8 Å². The van der Waals surface area contributed by atoms with E-state index in [9.17, 15) is 9.59 Å². The summed E-state index contributed by atoms with van der Waals surface area (Å²) in [6.07, 6.45) is 2.29. The Morgan fingerprint density at radius 1 is 1.19 bits per heavy atom. The predicted molar refractivity (Wildman–Crippen MR) is 59.3 cm³/mol. The summed E-state index contributed by atoms with van der Waals surface area (Å²) in [5, 5.41) is 0. The van der Waals surface area contributed by atoms with E-state index in [0.717, 1.165) is 18.4 Å². The van der Waals surface area contributed by atoms with Crippen molar-refractivity contribution >= 4 is 11.8 Å². The van der Waals surface area contributed by atoms with E-state index in [0.29, 0.717) is 23.6 Å². The van der Waals surface area contributed by atoms with Crippen molar-refractivity contribution in [3.05, 3.63) is 34.9 Å². The molecule has 2 amide bonds. The van der Waals surface area contributed by atoms with E-state index < -0.39 is 0 Å². The Kier molecular flexibility index (Phi) is 1.90. The molecule has 1 heterocycles.